The largest absolute Gasteiger partial charge is 0.392 e. The molecule has 0 aromatic heterocycles. The van der Waals surface area contributed by atoms with Crippen LogP contribution in [0.25, 0.3) is 0 Å². The second-order valence-corrected chi connectivity index (χ2v) is 5.98. The Hall–Kier alpha value is -1.92. The van der Waals surface area contributed by atoms with Gasteiger partial charge in [-0.1, -0.05) is 24.3 Å². The Bertz CT molecular complexity index is 729. The minimum Gasteiger partial charge on any atom is -0.392 e. The van der Waals surface area contributed by atoms with Gasteiger partial charge in [-0.05, 0) is 36.2 Å². The molecule has 0 aliphatic rings. The van der Waals surface area contributed by atoms with Crippen LogP contribution < -0.4 is 4.72 Å². The zero-order valence-electron chi connectivity index (χ0n) is 10.8. The van der Waals surface area contributed by atoms with E-state index in [1.807, 2.05) is 0 Å². The monoisotopic (exact) mass is 295 g/mol. The fourth-order valence-corrected chi connectivity index (χ4v) is 3.16. The summed E-state index contributed by atoms with van der Waals surface area (Å²) in [6.45, 7) is 1.29. The molecule has 0 radical (unpaired) electrons. The molecule has 106 valence electrons. The average Bonchev–Trinajstić information content (AvgIpc) is 2.42. The minimum absolute atomic E-state index is 0.0221. The zero-order valence-corrected chi connectivity index (χ0v) is 11.6. The lowest BCUT2D eigenvalue weighted by molar-refractivity contribution is 0.278. The number of anilines is 1. The number of nitrogens with one attached hydrogen (secondary N) is 1. The molecule has 4 nitrogen and oxygen atoms in total. The van der Waals surface area contributed by atoms with Crippen molar-refractivity contribution in [1.82, 2.24) is 0 Å². The van der Waals surface area contributed by atoms with Gasteiger partial charge in [-0.3, -0.25) is 4.72 Å². The Morgan fingerprint density at radius 1 is 1.20 bits per heavy atom. The molecule has 0 saturated carbocycles. The molecule has 2 aromatic carbocycles. The first kappa shape index (κ1) is 14.5. The van der Waals surface area contributed by atoms with Crippen LogP contribution in [0, 0.1) is 12.7 Å². The van der Waals surface area contributed by atoms with Crippen molar-refractivity contribution in [2.45, 2.75) is 18.4 Å². The first-order valence-corrected chi connectivity index (χ1v) is 7.40. The van der Waals surface area contributed by atoms with Gasteiger partial charge in [0.2, 0.25) is 0 Å². The van der Waals surface area contributed by atoms with E-state index in [-0.39, 0.29) is 22.8 Å². The van der Waals surface area contributed by atoms with Gasteiger partial charge in [0.1, 0.15) is 5.82 Å². The third-order valence-electron chi connectivity index (χ3n) is 2.88. The van der Waals surface area contributed by atoms with Gasteiger partial charge in [0.15, 0.2) is 0 Å². The molecule has 6 heteroatoms. The molecule has 0 unspecified atom stereocenters. The summed E-state index contributed by atoms with van der Waals surface area (Å²) in [6, 6.07) is 9.98. The molecule has 0 aliphatic carbocycles. The summed E-state index contributed by atoms with van der Waals surface area (Å²) in [6.07, 6.45) is 0. The van der Waals surface area contributed by atoms with Crippen molar-refractivity contribution in [2.24, 2.45) is 0 Å². The summed E-state index contributed by atoms with van der Waals surface area (Å²) >= 11 is 0. The summed E-state index contributed by atoms with van der Waals surface area (Å²) in [4.78, 5) is -0.0221. The number of hydrogen-bond acceptors (Lipinski definition) is 3. The topological polar surface area (TPSA) is 66.4 Å². The lowest BCUT2D eigenvalue weighted by Gasteiger charge is -2.12. The molecule has 2 rings (SSSR count). The number of halogens is 1. The highest BCUT2D eigenvalue weighted by Crippen LogP contribution is 2.22. The van der Waals surface area contributed by atoms with Gasteiger partial charge in [-0.25, -0.2) is 12.8 Å². The van der Waals surface area contributed by atoms with Crippen LogP contribution in [-0.2, 0) is 16.6 Å². The molecule has 2 N–H and O–H groups in total. The third-order valence-corrected chi connectivity index (χ3v) is 4.34. The molecule has 0 aliphatic heterocycles. The van der Waals surface area contributed by atoms with E-state index >= 15 is 0 Å². The second-order valence-electron chi connectivity index (χ2n) is 4.33. The Balaban J connectivity index is 2.43. The maximum Gasteiger partial charge on any atom is 0.262 e. The van der Waals surface area contributed by atoms with E-state index in [4.69, 9.17) is 0 Å². The van der Waals surface area contributed by atoms with E-state index in [1.165, 1.54) is 24.3 Å². The highest BCUT2D eigenvalue weighted by atomic mass is 32.2. The van der Waals surface area contributed by atoms with Crippen LogP contribution in [0.15, 0.2) is 47.4 Å². The van der Waals surface area contributed by atoms with Crippen LogP contribution in [-0.4, -0.2) is 13.5 Å². The number of rotatable bonds is 4. The molecule has 0 fully saturated rings. The lowest BCUT2D eigenvalue weighted by Crippen LogP contribution is -2.15. The molecule has 0 amide bonds. The molecule has 0 saturated heterocycles. The molecular formula is C14H14FNO3S. The quantitative estimate of drug-likeness (QED) is 0.910. The van der Waals surface area contributed by atoms with Crippen molar-refractivity contribution >= 4 is 15.7 Å². The zero-order chi connectivity index (χ0) is 14.8. The van der Waals surface area contributed by atoms with Gasteiger partial charge in [0, 0.05) is 0 Å². The number of aryl methyl sites for hydroxylation is 1. The van der Waals surface area contributed by atoms with Gasteiger partial charge in [0.25, 0.3) is 10.0 Å². The Morgan fingerprint density at radius 3 is 2.60 bits per heavy atom. The summed E-state index contributed by atoms with van der Waals surface area (Å²) in [7, 11) is -3.87. The number of benzene rings is 2. The molecule has 2 aromatic rings. The number of sulfonamides is 1. The van der Waals surface area contributed by atoms with E-state index in [2.05, 4.69) is 4.72 Å². The van der Waals surface area contributed by atoms with E-state index in [1.54, 1.807) is 19.1 Å². The molecule has 20 heavy (non-hydrogen) atoms. The van der Waals surface area contributed by atoms with Crippen LogP contribution in [0.3, 0.4) is 0 Å². The highest BCUT2D eigenvalue weighted by molar-refractivity contribution is 7.92. The van der Waals surface area contributed by atoms with Crippen molar-refractivity contribution < 1.29 is 17.9 Å². The fourth-order valence-electron chi connectivity index (χ4n) is 1.80. The van der Waals surface area contributed by atoms with E-state index in [0.29, 0.717) is 5.56 Å². The van der Waals surface area contributed by atoms with E-state index < -0.39 is 15.8 Å². The maximum atomic E-state index is 13.2. The maximum absolute atomic E-state index is 13.2. The van der Waals surface area contributed by atoms with Crippen LogP contribution >= 0.6 is 0 Å². The normalized spacial score (nSPS) is 11.3. The van der Waals surface area contributed by atoms with Crippen LogP contribution in [0.2, 0.25) is 0 Å². The summed E-state index contributed by atoms with van der Waals surface area (Å²) < 4.78 is 40.1. The average molecular weight is 295 g/mol. The SMILES string of the molecule is Cc1ccc(F)cc1NS(=O)(=O)c1ccccc1CO. The van der Waals surface area contributed by atoms with E-state index in [9.17, 15) is 17.9 Å². The van der Waals surface area contributed by atoms with Gasteiger partial charge < -0.3 is 5.11 Å². The molecule has 0 bridgehead atoms. The van der Waals surface area contributed by atoms with Crippen molar-refractivity contribution in [3.63, 3.8) is 0 Å². The van der Waals surface area contributed by atoms with Crippen molar-refractivity contribution in [1.29, 1.82) is 0 Å². The summed E-state index contributed by atoms with van der Waals surface area (Å²) in [5.41, 5.74) is 1.07. The number of hydrogen-bond donors (Lipinski definition) is 2. The number of aliphatic hydroxyl groups excluding tert-OH is 1. The standard InChI is InChI=1S/C14H14FNO3S/c1-10-6-7-12(15)8-13(10)16-20(18,19)14-5-3-2-4-11(14)9-17/h2-8,16-17H,9H2,1H3. The van der Waals surface area contributed by atoms with Gasteiger partial charge in [-0.2, -0.15) is 0 Å². The summed E-state index contributed by atoms with van der Waals surface area (Å²) in [5.74, 6) is -0.524. The molecule has 0 spiro atoms. The van der Waals surface area contributed by atoms with Gasteiger partial charge in [-0.15, -0.1) is 0 Å². The number of aliphatic hydroxyl groups is 1. The Morgan fingerprint density at radius 2 is 1.90 bits per heavy atom. The molecule has 0 heterocycles. The predicted molar refractivity (Wildman–Crippen MR) is 74.3 cm³/mol. The molecule has 0 atom stereocenters. The van der Waals surface area contributed by atoms with E-state index in [0.717, 1.165) is 6.07 Å². The van der Waals surface area contributed by atoms with Gasteiger partial charge in [0.05, 0.1) is 17.2 Å². The first-order valence-electron chi connectivity index (χ1n) is 5.92. The van der Waals surface area contributed by atoms with Crippen LogP contribution in [0.4, 0.5) is 10.1 Å². The highest BCUT2D eigenvalue weighted by Gasteiger charge is 2.18. The predicted octanol–water partition coefficient (Wildman–Crippen LogP) is 2.43. The summed E-state index contributed by atoms with van der Waals surface area (Å²) in [5, 5.41) is 9.19. The first-order chi connectivity index (χ1) is 9.44. The van der Waals surface area contributed by atoms with Crippen LogP contribution in [0.1, 0.15) is 11.1 Å². The second kappa shape index (κ2) is 5.60. The van der Waals surface area contributed by atoms with Crippen molar-refractivity contribution in [3.8, 4) is 0 Å². The fraction of sp³-hybridized carbons (Fsp3) is 0.143. The third kappa shape index (κ3) is 2.97. The Kier molecular flexibility index (Phi) is 4.06. The van der Waals surface area contributed by atoms with Crippen molar-refractivity contribution in [2.75, 3.05) is 4.72 Å². The smallest absolute Gasteiger partial charge is 0.262 e. The van der Waals surface area contributed by atoms with Crippen LogP contribution in [0.5, 0.6) is 0 Å². The molecular weight excluding hydrogens is 281 g/mol. The lowest BCUT2D eigenvalue weighted by atomic mass is 10.2. The van der Waals surface area contributed by atoms with Gasteiger partial charge >= 0.3 is 0 Å². The Labute approximate surface area is 116 Å². The van der Waals surface area contributed by atoms with Crippen molar-refractivity contribution in [3.05, 3.63) is 59.4 Å². The minimum atomic E-state index is -3.87.